The maximum atomic E-state index is 10.3. The summed E-state index contributed by atoms with van der Waals surface area (Å²) in [5.41, 5.74) is 11.4. The van der Waals surface area contributed by atoms with Crippen LogP contribution in [-0.2, 0) is 4.79 Å². The van der Waals surface area contributed by atoms with E-state index in [-0.39, 0.29) is 0 Å². The second kappa shape index (κ2) is 24.4. The Morgan fingerprint density at radius 1 is 0.571 bits per heavy atom. The molecule has 0 bridgehead atoms. The molecule has 296 valence electrons. The predicted octanol–water partition coefficient (Wildman–Crippen LogP) is 13.6. The SMILES string of the molecule is CCCCCCCC/C=C\CCCCCCCC(=O)O.CN(C)c1ccc(C(=C2C=CC(=Nc3ccccc3)c3ccccc32)c2ccc(N(C)C)cc2)cc1. The van der Waals surface area contributed by atoms with Crippen molar-refractivity contribution in [2.45, 2.75) is 96.8 Å². The van der Waals surface area contributed by atoms with Crippen molar-refractivity contribution in [2.75, 3.05) is 38.0 Å². The van der Waals surface area contributed by atoms with E-state index in [2.05, 4.69) is 142 Å². The number of hydrogen-bond acceptors (Lipinski definition) is 4. The fourth-order valence-electron chi connectivity index (χ4n) is 6.92. The number of allylic oxidation sites excluding steroid dienone is 5. The monoisotopic (exact) mass is 752 g/mol. The first-order valence-electron chi connectivity index (χ1n) is 20.9. The average molecular weight is 752 g/mol. The highest BCUT2D eigenvalue weighted by Gasteiger charge is 2.20. The van der Waals surface area contributed by atoms with Crippen molar-refractivity contribution in [3.05, 3.63) is 150 Å². The maximum Gasteiger partial charge on any atom is 0.303 e. The molecule has 0 heterocycles. The predicted molar refractivity (Wildman–Crippen MR) is 243 cm³/mol. The number of benzene rings is 4. The molecule has 1 aliphatic rings. The zero-order valence-corrected chi connectivity index (χ0v) is 34.7. The van der Waals surface area contributed by atoms with Crippen LogP contribution in [-0.4, -0.2) is 45.0 Å². The summed E-state index contributed by atoms with van der Waals surface area (Å²) in [4.78, 5) is 19.5. The molecule has 56 heavy (non-hydrogen) atoms. The Morgan fingerprint density at radius 3 is 1.57 bits per heavy atom. The lowest BCUT2D eigenvalue weighted by molar-refractivity contribution is -0.137. The van der Waals surface area contributed by atoms with Crippen LogP contribution in [0, 0.1) is 0 Å². The van der Waals surface area contributed by atoms with E-state index >= 15 is 0 Å². The number of rotatable bonds is 20. The van der Waals surface area contributed by atoms with E-state index in [1.54, 1.807) is 0 Å². The van der Waals surface area contributed by atoms with Crippen LogP contribution >= 0.6 is 0 Å². The molecule has 0 spiro atoms. The first-order valence-corrected chi connectivity index (χ1v) is 20.9. The van der Waals surface area contributed by atoms with Gasteiger partial charge >= 0.3 is 5.97 Å². The number of nitrogens with zero attached hydrogens (tertiary/aromatic N) is 3. The minimum Gasteiger partial charge on any atom is -0.481 e. The minimum atomic E-state index is -0.664. The number of carbonyl (C=O) groups is 1. The molecule has 4 aromatic rings. The van der Waals surface area contributed by atoms with E-state index in [0.717, 1.165) is 29.8 Å². The molecule has 4 aromatic carbocycles. The fourth-order valence-corrected chi connectivity index (χ4v) is 6.92. The standard InChI is InChI=1S/C33H31N3.C18H34O2/c1-35(2)27-18-14-24(15-19-27)33(25-16-20-28(21-17-25)36(3)4)31-22-23-32(30-13-9-8-12-29(30)31)34-26-10-6-5-7-11-26;1-2-3-4-5-6-7-8-9-10-11-12-13-14-15-16-17-18(19)20/h5-23H,1-4H3;9-10H,2-8,11-17H2,1H3,(H,19,20)/b;10-9-. The first-order chi connectivity index (χ1) is 27.3. The van der Waals surface area contributed by atoms with Crippen molar-refractivity contribution in [3.63, 3.8) is 0 Å². The molecule has 0 fully saturated rings. The zero-order valence-electron chi connectivity index (χ0n) is 34.7. The average Bonchev–Trinajstić information content (AvgIpc) is 3.21. The number of hydrogen-bond donors (Lipinski definition) is 1. The van der Waals surface area contributed by atoms with Gasteiger partial charge in [-0.1, -0.05) is 143 Å². The van der Waals surface area contributed by atoms with Gasteiger partial charge in [-0.3, -0.25) is 4.79 Å². The molecule has 5 rings (SSSR count). The molecular weight excluding hydrogens is 687 g/mol. The highest BCUT2D eigenvalue weighted by Crippen LogP contribution is 2.38. The van der Waals surface area contributed by atoms with E-state index in [1.165, 1.54) is 110 Å². The van der Waals surface area contributed by atoms with Crippen LogP contribution in [0.4, 0.5) is 17.1 Å². The molecule has 5 nitrogen and oxygen atoms in total. The largest absolute Gasteiger partial charge is 0.481 e. The Bertz CT molecular complexity index is 1810. The molecule has 0 amide bonds. The van der Waals surface area contributed by atoms with E-state index in [0.29, 0.717) is 6.42 Å². The normalized spacial score (nSPS) is 12.7. The van der Waals surface area contributed by atoms with Crippen LogP contribution in [0.2, 0.25) is 0 Å². The van der Waals surface area contributed by atoms with E-state index < -0.39 is 5.97 Å². The number of unbranched alkanes of at least 4 members (excludes halogenated alkanes) is 11. The van der Waals surface area contributed by atoms with Gasteiger partial charge in [0, 0.05) is 51.5 Å². The van der Waals surface area contributed by atoms with E-state index in [1.807, 2.05) is 30.3 Å². The minimum absolute atomic E-state index is 0.332. The van der Waals surface area contributed by atoms with Gasteiger partial charge < -0.3 is 14.9 Å². The van der Waals surface area contributed by atoms with Crippen LogP contribution in [0.3, 0.4) is 0 Å². The maximum absolute atomic E-state index is 10.3. The number of anilines is 2. The third-order valence-corrected chi connectivity index (χ3v) is 10.2. The second-order valence-electron chi connectivity index (χ2n) is 15.1. The molecule has 0 atom stereocenters. The molecule has 1 aliphatic carbocycles. The van der Waals surface area contributed by atoms with Gasteiger partial charge in [-0.05, 0) is 102 Å². The number of aliphatic carboxylic acids is 1. The van der Waals surface area contributed by atoms with Crippen molar-refractivity contribution >= 4 is 39.9 Å². The number of aliphatic imine (C=N–C) groups is 1. The zero-order chi connectivity index (χ0) is 40.0. The molecule has 5 heteroatoms. The summed E-state index contributed by atoms with van der Waals surface area (Å²) in [6, 6.07) is 36.4. The van der Waals surface area contributed by atoms with Crippen LogP contribution in [0.5, 0.6) is 0 Å². The van der Waals surface area contributed by atoms with Crippen molar-refractivity contribution in [2.24, 2.45) is 4.99 Å². The molecule has 0 saturated heterocycles. The van der Waals surface area contributed by atoms with Gasteiger partial charge in [0.1, 0.15) is 0 Å². The van der Waals surface area contributed by atoms with Crippen molar-refractivity contribution in [1.29, 1.82) is 0 Å². The molecule has 1 N–H and O–H groups in total. The summed E-state index contributed by atoms with van der Waals surface area (Å²) in [6.07, 6.45) is 25.6. The number of carboxylic acids is 1. The van der Waals surface area contributed by atoms with E-state index in [9.17, 15) is 4.79 Å². The van der Waals surface area contributed by atoms with Gasteiger partial charge in [0.2, 0.25) is 0 Å². The summed E-state index contributed by atoms with van der Waals surface area (Å²) < 4.78 is 0. The summed E-state index contributed by atoms with van der Waals surface area (Å²) in [7, 11) is 8.29. The molecule has 0 unspecified atom stereocenters. The van der Waals surface area contributed by atoms with Gasteiger partial charge in [0.15, 0.2) is 0 Å². The third kappa shape index (κ3) is 14.5. The summed E-state index contributed by atoms with van der Waals surface area (Å²) in [6.45, 7) is 2.26. The van der Waals surface area contributed by atoms with Crippen LogP contribution in [0.1, 0.15) is 119 Å². The Balaban J connectivity index is 0.000000298. The van der Waals surface area contributed by atoms with Gasteiger partial charge in [-0.15, -0.1) is 0 Å². The van der Waals surface area contributed by atoms with Crippen LogP contribution in [0.25, 0.3) is 11.1 Å². The third-order valence-electron chi connectivity index (χ3n) is 10.2. The van der Waals surface area contributed by atoms with E-state index in [4.69, 9.17) is 10.1 Å². The Labute approximate surface area is 338 Å². The fraction of sp³-hybridized carbons (Fsp3) is 0.373. The van der Waals surface area contributed by atoms with Crippen molar-refractivity contribution in [1.82, 2.24) is 0 Å². The lowest BCUT2D eigenvalue weighted by Gasteiger charge is -2.22. The van der Waals surface area contributed by atoms with Gasteiger partial charge in [0.05, 0.1) is 11.4 Å². The molecule has 0 radical (unpaired) electrons. The lowest BCUT2D eigenvalue weighted by atomic mass is 9.83. The topological polar surface area (TPSA) is 56.1 Å². The van der Waals surface area contributed by atoms with Gasteiger partial charge in [-0.2, -0.15) is 0 Å². The number of para-hydroxylation sites is 1. The molecule has 0 aromatic heterocycles. The van der Waals surface area contributed by atoms with Gasteiger partial charge in [0.25, 0.3) is 0 Å². The summed E-state index contributed by atoms with van der Waals surface area (Å²) >= 11 is 0. The Hall–Kier alpha value is -5.16. The highest BCUT2D eigenvalue weighted by atomic mass is 16.4. The summed E-state index contributed by atoms with van der Waals surface area (Å²) in [5.74, 6) is -0.664. The van der Waals surface area contributed by atoms with Crippen LogP contribution < -0.4 is 9.80 Å². The lowest BCUT2D eigenvalue weighted by Crippen LogP contribution is -2.10. The summed E-state index contributed by atoms with van der Waals surface area (Å²) in [5, 5.41) is 8.51. The van der Waals surface area contributed by atoms with Crippen LogP contribution in [0.15, 0.2) is 132 Å². The quantitative estimate of drug-likeness (QED) is 0.0722. The Kier molecular flexibility index (Phi) is 19.0. The molecule has 0 aliphatic heterocycles. The van der Waals surface area contributed by atoms with Crippen molar-refractivity contribution < 1.29 is 9.90 Å². The first kappa shape index (κ1) is 43.6. The smallest absolute Gasteiger partial charge is 0.303 e. The second-order valence-corrected chi connectivity index (χ2v) is 15.1. The molecular formula is C51H65N3O2. The molecule has 0 saturated carbocycles. The number of fused-ring (bicyclic) bond motifs is 1. The van der Waals surface area contributed by atoms with Crippen molar-refractivity contribution in [3.8, 4) is 0 Å². The number of carboxylic acid groups (broad SMARTS) is 1. The highest BCUT2D eigenvalue weighted by molar-refractivity contribution is 6.19. The Morgan fingerprint density at radius 2 is 1.05 bits per heavy atom. The van der Waals surface area contributed by atoms with Gasteiger partial charge in [-0.25, -0.2) is 4.99 Å².